The quantitative estimate of drug-likeness (QED) is 0.682. The fourth-order valence-electron chi connectivity index (χ4n) is 1.62. The van der Waals surface area contributed by atoms with Gasteiger partial charge in [-0.15, -0.1) is 0 Å². The number of hydrazone groups is 1. The van der Waals surface area contributed by atoms with Gasteiger partial charge in [-0.1, -0.05) is 0 Å². The van der Waals surface area contributed by atoms with E-state index < -0.39 is 0 Å². The lowest BCUT2D eigenvalue weighted by atomic mass is 10.0. The molecule has 15 heavy (non-hydrogen) atoms. The van der Waals surface area contributed by atoms with Gasteiger partial charge in [-0.3, -0.25) is 4.79 Å². The summed E-state index contributed by atoms with van der Waals surface area (Å²) in [5, 5.41) is 5.82. The van der Waals surface area contributed by atoms with Crippen LogP contribution < -0.4 is 5.73 Å². The second-order valence-electron chi connectivity index (χ2n) is 4.14. The van der Waals surface area contributed by atoms with Crippen LogP contribution in [0.15, 0.2) is 5.10 Å². The minimum Gasteiger partial charge on any atom is -0.330 e. The molecule has 0 saturated heterocycles. The van der Waals surface area contributed by atoms with E-state index in [1.54, 1.807) is 5.01 Å². The third-order valence-electron chi connectivity index (χ3n) is 2.55. The molecule has 1 atom stereocenters. The van der Waals surface area contributed by atoms with Crippen LogP contribution in [0.4, 0.5) is 0 Å². The molecule has 0 saturated carbocycles. The Hall–Kier alpha value is -0.940. The smallest absolute Gasteiger partial charge is 0.251 e. The summed E-state index contributed by atoms with van der Waals surface area (Å²) >= 11 is 0. The largest absolute Gasteiger partial charge is 0.330 e. The predicted octanol–water partition coefficient (Wildman–Crippen LogP) is -0.269. The van der Waals surface area contributed by atoms with Crippen LogP contribution in [-0.4, -0.2) is 55.3 Å². The summed E-state index contributed by atoms with van der Waals surface area (Å²) in [5.41, 5.74) is 6.36. The fraction of sp³-hybridized carbons (Fsp3) is 0.800. The van der Waals surface area contributed by atoms with Gasteiger partial charge in [-0.2, -0.15) is 5.10 Å². The van der Waals surface area contributed by atoms with Crippen molar-refractivity contribution < 1.29 is 4.79 Å². The third-order valence-corrected chi connectivity index (χ3v) is 2.55. The molecule has 1 aliphatic heterocycles. The molecule has 0 aliphatic carbocycles. The molecule has 5 heteroatoms. The minimum absolute atomic E-state index is 0.0860. The number of hydrogen-bond acceptors (Lipinski definition) is 4. The fourth-order valence-corrected chi connectivity index (χ4v) is 1.62. The highest BCUT2D eigenvalue weighted by atomic mass is 16.2. The number of carbonyl (C=O) groups is 1. The molecule has 0 aromatic heterocycles. The van der Waals surface area contributed by atoms with Crippen molar-refractivity contribution in [3.8, 4) is 0 Å². The van der Waals surface area contributed by atoms with Crippen molar-refractivity contribution in [1.29, 1.82) is 0 Å². The van der Waals surface area contributed by atoms with Gasteiger partial charge in [-0.25, -0.2) is 5.01 Å². The Morgan fingerprint density at radius 1 is 1.53 bits per heavy atom. The standard InChI is InChI=1S/C10H20N4O/c1-8-9(4-5-11)10(15)14(12-8)7-6-13(2)3/h9H,4-7,11H2,1-3H3. The monoisotopic (exact) mass is 212 g/mol. The highest BCUT2D eigenvalue weighted by Gasteiger charge is 2.32. The first-order valence-corrected chi connectivity index (χ1v) is 5.27. The van der Waals surface area contributed by atoms with E-state index in [4.69, 9.17) is 5.73 Å². The number of hydrogen-bond donors (Lipinski definition) is 1. The Labute approximate surface area is 90.9 Å². The Morgan fingerprint density at radius 2 is 2.20 bits per heavy atom. The Morgan fingerprint density at radius 3 is 2.73 bits per heavy atom. The van der Waals surface area contributed by atoms with E-state index in [1.807, 2.05) is 25.9 Å². The average molecular weight is 212 g/mol. The summed E-state index contributed by atoms with van der Waals surface area (Å²) in [7, 11) is 3.96. The van der Waals surface area contributed by atoms with Crippen LogP contribution in [0.25, 0.3) is 0 Å². The molecule has 0 aromatic rings. The molecule has 1 heterocycles. The van der Waals surface area contributed by atoms with Crippen molar-refractivity contribution in [2.24, 2.45) is 16.8 Å². The van der Waals surface area contributed by atoms with Crippen molar-refractivity contribution in [2.75, 3.05) is 33.7 Å². The van der Waals surface area contributed by atoms with Crippen molar-refractivity contribution in [2.45, 2.75) is 13.3 Å². The molecule has 1 unspecified atom stereocenters. The molecule has 0 bridgehead atoms. The summed E-state index contributed by atoms with van der Waals surface area (Å²) in [6.45, 7) is 3.92. The summed E-state index contributed by atoms with van der Waals surface area (Å²) < 4.78 is 0. The van der Waals surface area contributed by atoms with Gasteiger partial charge in [0.1, 0.15) is 0 Å². The number of nitrogens with two attached hydrogens (primary N) is 1. The normalized spacial score (nSPS) is 21.4. The molecule has 1 aliphatic rings. The van der Waals surface area contributed by atoms with E-state index in [0.717, 1.165) is 12.3 Å². The first-order chi connectivity index (χ1) is 7.06. The Balaban J connectivity index is 2.52. The molecule has 5 nitrogen and oxygen atoms in total. The molecule has 0 radical (unpaired) electrons. The van der Waals surface area contributed by atoms with E-state index >= 15 is 0 Å². The molecular formula is C10H20N4O. The van der Waals surface area contributed by atoms with Crippen LogP contribution >= 0.6 is 0 Å². The lowest BCUT2D eigenvalue weighted by Gasteiger charge is -2.16. The molecule has 86 valence electrons. The second kappa shape index (κ2) is 5.23. The van der Waals surface area contributed by atoms with Crippen molar-refractivity contribution in [3.63, 3.8) is 0 Å². The minimum atomic E-state index is -0.0860. The predicted molar refractivity (Wildman–Crippen MR) is 60.5 cm³/mol. The van der Waals surface area contributed by atoms with E-state index in [0.29, 0.717) is 19.5 Å². The van der Waals surface area contributed by atoms with Gasteiger partial charge in [0.2, 0.25) is 0 Å². The van der Waals surface area contributed by atoms with Gasteiger partial charge in [0.15, 0.2) is 0 Å². The van der Waals surface area contributed by atoms with Crippen LogP contribution in [-0.2, 0) is 4.79 Å². The highest BCUT2D eigenvalue weighted by Crippen LogP contribution is 2.17. The number of carbonyl (C=O) groups excluding carboxylic acids is 1. The van der Waals surface area contributed by atoms with E-state index in [2.05, 4.69) is 5.10 Å². The van der Waals surface area contributed by atoms with Gasteiger partial charge in [0.05, 0.1) is 12.5 Å². The SMILES string of the molecule is CC1=NN(CCN(C)C)C(=O)C1CCN. The Kier molecular flexibility index (Phi) is 4.23. The first-order valence-electron chi connectivity index (χ1n) is 5.27. The molecule has 0 spiro atoms. The second-order valence-corrected chi connectivity index (χ2v) is 4.14. The zero-order valence-corrected chi connectivity index (χ0v) is 9.73. The van der Waals surface area contributed by atoms with Gasteiger partial charge in [0.25, 0.3) is 5.91 Å². The number of likely N-dealkylation sites (N-methyl/N-ethyl adjacent to an activating group) is 1. The maximum atomic E-state index is 11.9. The zero-order chi connectivity index (χ0) is 11.4. The molecule has 0 aromatic carbocycles. The van der Waals surface area contributed by atoms with E-state index in [-0.39, 0.29) is 11.8 Å². The molecule has 1 amide bonds. The number of nitrogens with zero attached hydrogens (tertiary/aromatic N) is 3. The zero-order valence-electron chi connectivity index (χ0n) is 9.73. The summed E-state index contributed by atoms with van der Waals surface area (Å²) in [5.74, 6) is 0.0111. The van der Waals surface area contributed by atoms with Gasteiger partial charge < -0.3 is 10.6 Å². The lowest BCUT2D eigenvalue weighted by Crippen LogP contribution is -2.33. The van der Waals surface area contributed by atoms with E-state index in [9.17, 15) is 4.79 Å². The Bertz CT molecular complexity index is 262. The third kappa shape index (κ3) is 3.00. The van der Waals surface area contributed by atoms with Crippen LogP contribution in [0.3, 0.4) is 0 Å². The molecule has 2 N–H and O–H groups in total. The molecule has 1 rings (SSSR count). The summed E-state index contributed by atoms with van der Waals surface area (Å²) in [6.07, 6.45) is 0.701. The first kappa shape index (κ1) is 12.1. The van der Waals surface area contributed by atoms with Crippen molar-refractivity contribution in [3.05, 3.63) is 0 Å². The lowest BCUT2D eigenvalue weighted by molar-refractivity contribution is -0.132. The van der Waals surface area contributed by atoms with E-state index in [1.165, 1.54) is 0 Å². The number of amides is 1. The molecular weight excluding hydrogens is 192 g/mol. The average Bonchev–Trinajstić information content (AvgIpc) is 2.43. The van der Waals surface area contributed by atoms with Gasteiger partial charge >= 0.3 is 0 Å². The van der Waals surface area contributed by atoms with Crippen LogP contribution in [0.2, 0.25) is 0 Å². The summed E-state index contributed by atoms with van der Waals surface area (Å²) in [4.78, 5) is 13.9. The molecule has 0 fully saturated rings. The topological polar surface area (TPSA) is 61.9 Å². The number of rotatable bonds is 5. The highest BCUT2D eigenvalue weighted by molar-refractivity contribution is 6.06. The van der Waals surface area contributed by atoms with Gasteiger partial charge in [0, 0.05) is 12.3 Å². The van der Waals surface area contributed by atoms with Crippen LogP contribution in [0.5, 0.6) is 0 Å². The van der Waals surface area contributed by atoms with Crippen LogP contribution in [0.1, 0.15) is 13.3 Å². The van der Waals surface area contributed by atoms with Crippen molar-refractivity contribution >= 4 is 11.6 Å². The van der Waals surface area contributed by atoms with Gasteiger partial charge in [-0.05, 0) is 34.0 Å². The maximum Gasteiger partial charge on any atom is 0.251 e. The maximum absolute atomic E-state index is 11.9. The van der Waals surface area contributed by atoms with Crippen LogP contribution in [0, 0.1) is 5.92 Å². The van der Waals surface area contributed by atoms with Crippen molar-refractivity contribution in [1.82, 2.24) is 9.91 Å². The summed E-state index contributed by atoms with van der Waals surface area (Å²) in [6, 6.07) is 0.